The molecule has 8 heteroatoms. The van der Waals surface area contributed by atoms with E-state index < -0.39 is 17.6 Å². The van der Waals surface area contributed by atoms with Crippen molar-refractivity contribution in [2.75, 3.05) is 19.8 Å². The second-order valence-corrected chi connectivity index (χ2v) is 12.2. The second-order valence-electron chi connectivity index (χ2n) is 12.2. The van der Waals surface area contributed by atoms with Gasteiger partial charge < -0.3 is 31.1 Å². The molecule has 0 bridgehead atoms. The van der Waals surface area contributed by atoms with Crippen LogP contribution in [0.1, 0.15) is 78.1 Å². The van der Waals surface area contributed by atoms with E-state index in [1.54, 1.807) is 0 Å². The molecule has 4 saturated carbocycles. The second kappa shape index (κ2) is 9.58. The molecule has 0 aromatic heterocycles. The summed E-state index contributed by atoms with van der Waals surface area (Å²) in [6, 6.07) is 0. The number of hydrogen-bond acceptors (Lipinski definition) is 6. The lowest BCUT2D eigenvalue weighted by Crippen LogP contribution is -2.66. The molecule has 0 radical (unpaired) electrons. The van der Waals surface area contributed by atoms with E-state index in [4.69, 9.17) is 15.6 Å². The van der Waals surface area contributed by atoms with Crippen molar-refractivity contribution in [2.24, 2.45) is 46.2 Å². The van der Waals surface area contributed by atoms with Gasteiger partial charge in [-0.05, 0) is 92.8 Å². The molecule has 0 saturated heterocycles. The number of aliphatic hydroxyl groups excluding tert-OH is 2. The number of ether oxygens (including phenoxy) is 1. The smallest absolute Gasteiger partial charge is 0.407 e. The van der Waals surface area contributed by atoms with Crippen molar-refractivity contribution in [2.45, 2.75) is 89.7 Å². The molecule has 4 rings (SSSR count). The third-order valence-electron chi connectivity index (χ3n) is 10.9. The van der Waals surface area contributed by atoms with Crippen LogP contribution in [0.2, 0.25) is 0 Å². The van der Waals surface area contributed by atoms with E-state index >= 15 is 0 Å². The predicted octanol–water partition coefficient (Wildman–Crippen LogP) is 2.90. The van der Waals surface area contributed by atoms with E-state index in [2.05, 4.69) is 19.2 Å². The van der Waals surface area contributed by atoms with Crippen molar-refractivity contribution in [3.63, 3.8) is 0 Å². The third kappa shape index (κ3) is 4.13. The highest BCUT2D eigenvalue weighted by Gasteiger charge is 2.67. The first kappa shape index (κ1) is 25.7. The maximum Gasteiger partial charge on any atom is 0.407 e. The van der Waals surface area contributed by atoms with Crippen LogP contribution in [0.15, 0.2) is 0 Å². The van der Waals surface area contributed by atoms with E-state index in [1.807, 2.05) is 0 Å². The molecule has 0 spiro atoms. The van der Waals surface area contributed by atoms with Gasteiger partial charge >= 0.3 is 12.1 Å². The van der Waals surface area contributed by atoms with Crippen molar-refractivity contribution in [3.05, 3.63) is 0 Å². The Hall–Kier alpha value is -1.38. The van der Waals surface area contributed by atoms with E-state index in [-0.39, 0.29) is 42.0 Å². The molecule has 4 aliphatic carbocycles. The summed E-state index contributed by atoms with van der Waals surface area (Å²) in [4.78, 5) is 24.3. The monoisotopic (exact) mass is 480 g/mol. The number of carbonyl (C=O) groups excluding carboxylic acids is 1. The zero-order valence-electron chi connectivity index (χ0n) is 20.8. The molecule has 8 nitrogen and oxygen atoms in total. The number of aliphatic hydroxyl groups is 2. The summed E-state index contributed by atoms with van der Waals surface area (Å²) >= 11 is 0. The predicted molar refractivity (Wildman–Crippen MR) is 127 cm³/mol. The van der Waals surface area contributed by atoms with Crippen LogP contribution in [0.3, 0.4) is 0 Å². The highest BCUT2D eigenvalue weighted by atomic mass is 16.6. The number of aliphatic carboxylic acids is 1. The van der Waals surface area contributed by atoms with Gasteiger partial charge in [0.2, 0.25) is 0 Å². The van der Waals surface area contributed by atoms with Gasteiger partial charge in [0.15, 0.2) is 0 Å². The molecular weight excluding hydrogens is 436 g/mol. The lowest BCUT2D eigenvalue weighted by molar-refractivity contribution is -0.157. The SMILES string of the molecule is C[C@]12CCC(OC(=O)NCC(CO)CCO)CC1CC[C@@H]1[C@H]2CC[C@]2(C)C(C(=O)O)CC[C@@]12N. The Labute approximate surface area is 203 Å². The molecule has 194 valence electrons. The van der Waals surface area contributed by atoms with E-state index in [1.165, 1.54) is 0 Å². The lowest BCUT2D eigenvalue weighted by Gasteiger charge is -2.64. The van der Waals surface area contributed by atoms with Gasteiger partial charge in [0, 0.05) is 31.2 Å². The average molecular weight is 481 g/mol. The van der Waals surface area contributed by atoms with Crippen LogP contribution in [0.5, 0.6) is 0 Å². The Bertz CT molecular complexity index is 778. The van der Waals surface area contributed by atoms with Crippen molar-refractivity contribution in [1.29, 1.82) is 0 Å². The molecule has 0 aromatic rings. The van der Waals surface area contributed by atoms with Gasteiger partial charge in [-0.3, -0.25) is 4.79 Å². The van der Waals surface area contributed by atoms with Gasteiger partial charge in [-0.25, -0.2) is 4.79 Å². The first-order chi connectivity index (χ1) is 16.1. The van der Waals surface area contributed by atoms with Crippen molar-refractivity contribution >= 4 is 12.1 Å². The van der Waals surface area contributed by atoms with Gasteiger partial charge in [0.05, 0.1) is 5.92 Å². The fraction of sp³-hybridized carbons (Fsp3) is 0.923. The number of hydrogen-bond donors (Lipinski definition) is 5. The minimum atomic E-state index is -0.689. The summed E-state index contributed by atoms with van der Waals surface area (Å²) in [5.41, 5.74) is 6.59. The average Bonchev–Trinajstić information content (AvgIpc) is 3.08. The number of nitrogens with two attached hydrogens (primary N) is 1. The van der Waals surface area contributed by atoms with E-state index in [9.17, 15) is 19.8 Å². The summed E-state index contributed by atoms with van der Waals surface area (Å²) in [5, 5.41) is 31.0. The number of fused-ring (bicyclic) bond motifs is 5. The first-order valence-corrected chi connectivity index (χ1v) is 13.3. The zero-order chi connectivity index (χ0) is 24.7. The number of amides is 1. The Morgan fingerprint density at radius 1 is 1.06 bits per heavy atom. The number of alkyl carbamates (subject to hydrolysis) is 1. The normalized spacial score (nSPS) is 44.3. The summed E-state index contributed by atoms with van der Waals surface area (Å²) in [6.45, 7) is 4.73. The lowest BCUT2D eigenvalue weighted by atomic mass is 9.42. The molecule has 0 heterocycles. The number of carboxylic acids is 1. The molecule has 4 aliphatic rings. The van der Waals surface area contributed by atoms with Gasteiger partial charge in [-0.1, -0.05) is 13.8 Å². The summed E-state index contributed by atoms with van der Waals surface area (Å²) in [5.74, 6) is 0.138. The highest BCUT2D eigenvalue weighted by molar-refractivity contribution is 5.72. The molecule has 34 heavy (non-hydrogen) atoms. The molecule has 4 fully saturated rings. The summed E-state index contributed by atoms with van der Waals surface area (Å²) in [6.07, 6.45) is 8.07. The summed E-state index contributed by atoms with van der Waals surface area (Å²) < 4.78 is 5.76. The van der Waals surface area contributed by atoms with Crippen molar-refractivity contribution < 1.29 is 29.6 Å². The van der Waals surface area contributed by atoms with Gasteiger partial charge in [0.1, 0.15) is 6.10 Å². The van der Waals surface area contributed by atoms with Crippen LogP contribution in [0.25, 0.3) is 0 Å². The Balaban J connectivity index is 1.39. The third-order valence-corrected chi connectivity index (χ3v) is 10.9. The van der Waals surface area contributed by atoms with Crippen molar-refractivity contribution in [1.82, 2.24) is 5.32 Å². The van der Waals surface area contributed by atoms with Crippen LogP contribution in [0, 0.1) is 40.4 Å². The van der Waals surface area contributed by atoms with Crippen LogP contribution in [0.4, 0.5) is 4.79 Å². The molecule has 4 unspecified atom stereocenters. The fourth-order valence-electron chi connectivity index (χ4n) is 8.65. The van der Waals surface area contributed by atoms with Crippen LogP contribution in [-0.2, 0) is 9.53 Å². The Morgan fingerprint density at radius 2 is 1.82 bits per heavy atom. The topological polar surface area (TPSA) is 142 Å². The first-order valence-electron chi connectivity index (χ1n) is 13.3. The van der Waals surface area contributed by atoms with Crippen LogP contribution < -0.4 is 11.1 Å². The number of rotatable bonds is 7. The molecule has 1 amide bonds. The number of carboxylic acid groups (broad SMARTS) is 1. The molecule has 0 aromatic carbocycles. The largest absolute Gasteiger partial charge is 0.481 e. The maximum absolute atomic E-state index is 12.4. The number of carbonyl (C=O) groups is 2. The van der Waals surface area contributed by atoms with Gasteiger partial charge in [0.25, 0.3) is 0 Å². The highest BCUT2D eigenvalue weighted by Crippen LogP contribution is 2.68. The van der Waals surface area contributed by atoms with Gasteiger partial charge in [-0.2, -0.15) is 0 Å². The quantitative estimate of drug-likeness (QED) is 0.377. The molecule has 6 N–H and O–H groups in total. The summed E-state index contributed by atoms with van der Waals surface area (Å²) in [7, 11) is 0. The van der Waals surface area contributed by atoms with E-state index in [0.29, 0.717) is 37.1 Å². The van der Waals surface area contributed by atoms with Crippen molar-refractivity contribution in [3.8, 4) is 0 Å². The zero-order valence-corrected chi connectivity index (χ0v) is 20.8. The minimum Gasteiger partial charge on any atom is -0.481 e. The molecule has 9 atom stereocenters. The Morgan fingerprint density at radius 3 is 2.50 bits per heavy atom. The fourth-order valence-corrected chi connectivity index (χ4v) is 8.65. The minimum absolute atomic E-state index is 0.0206. The van der Waals surface area contributed by atoms with Crippen LogP contribution >= 0.6 is 0 Å². The molecule has 0 aliphatic heterocycles. The maximum atomic E-state index is 12.4. The number of nitrogens with one attached hydrogen (secondary N) is 1. The molecular formula is C26H44N2O6. The van der Waals surface area contributed by atoms with E-state index in [0.717, 1.165) is 51.4 Å². The van der Waals surface area contributed by atoms with Gasteiger partial charge in [-0.15, -0.1) is 0 Å². The van der Waals surface area contributed by atoms with Crippen LogP contribution in [-0.4, -0.2) is 58.8 Å². The Kier molecular flexibility index (Phi) is 7.25. The standard InChI is InChI=1S/C26H44N2O6/c1-24-9-5-18(34-23(33)28-14-16(15-30)8-12-29)13-17(24)3-4-20-19(24)6-10-25(2)21(22(31)32)7-11-26(20,25)27/h16-21,29-30H,3-15,27H2,1-2H3,(H,28,33)(H,31,32)/t16?,17?,18?,19-,20-,21?,24+,25-,26-/m1/s1.